The number of thiophene rings is 1. The van der Waals surface area contributed by atoms with Gasteiger partial charge in [-0.1, -0.05) is 36.7 Å². The van der Waals surface area contributed by atoms with Crippen molar-refractivity contribution in [3.8, 4) is 0 Å². The van der Waals surface area contributed by atoms with Crippen LogP contribution in [0.2, 0.25) is 5.02 Å². The lowest BCUT2D eigenvalue weighted by Crippen LogP contribution is -2.19. The Labute approximate surface area is 171 Å². The Hall–Kier alpha value is -2.18. The van der Waals surface area contributed by atoms with Crippen LogP contribution in [0.15, 0.2) is 29.1 Å². The third-order valence-corrected chi connectivity index (χ3v) is 6.69. The number of H-pyrrole nitrogens is 1. The minimum absolute atomic E-state index is 0.0711. The van der Waals surface area contributed by atoms with Crippen molar-refractivity contribution in [2.75, 3.05) is 0 Å². The van der Waals surface area contributed by atoms with E-state index < -0.39 is 12.1 Å². The summed E-state index contributed by atoms with van der Waals surface area (Å²) in [6, 6.07) is 7.16. The molecule has 2 heterocycles. The molecule has 0 bridgehead atoms. The molecule has 0 saturated heterocycles. The van der Waals surface area contributed by atoms with E-state index in [2.05, 4.69) is 16.9 Å². The zero-order valence-electron chi connectivity index (χ0n) is 15.8. The van der Waals surface area contributed by atoms with Gasteiger partial charge in [-0.05, 0) is 49.3 Å². The molecule has 0 radical (unpaired) electrons. The quantitative estimate of drug-likeness (QED) is 0.630. The van der Waals surface area contributed by atoms with Gasteiger partial charge >= 0.3 is 5.97 Å². The minimum atomic E-state index is -0.648. The first-order valence-corrected chi connectivity index (χ1v) is 10.6. The average Bonchev–Trinajstić information content (AvgIpc) is 3.01. The topological polar surface area (TPSA) is 72.0 Å². The first-order chi connectivity index (χ1) is 13.4. The minimum Gasteiger partial charge on any atom is -0.454 e. The first kappa shape index (κ1) is 19.2. The highest BCUT2D eigenvalue weighted by atomic mass is 35.5. The second kappa shape index (κ2) is 7.68. The largest absolute Gasteiger partial charge is 0.454 e. The molecular weight excluding hydrogens is 396 g/mol. The summed E-state index contributed by atoms with van der Waals surface area (Å²) >= 11 is 7.69. The molecule has 2 aromatic heterocycles. The van der Waals surface area contributed by atoms with Crippen molar-refractivity contribution in [1.29, 1.82) is 0 Å². The zero-order chi connectivity index (χ0) is 19.8. The fourth-order valence-electron chi connectivity index (χ4n) is 3.65. The molecule has 4 rings (SSSR count). The lowest BCUT2D eigenvalue weighted by Gasteiger charge is -2.17. The van der Waals surface area contributed by atoms with Crippen LogP contribution in [0, 0.1) is 5.92 Å². The van der Waals surface area contributed by atoms with Gasteiger partial charge in [-0.25, -0.2) is 4.98 Å². The number of aromatic amines is 1. The van der Waals surface area contributed by atoms with Gasteiger partial charge in [0.05, 0.1) is 11.8 Å². The van der Waals surface area contributed by atoms with Gasteiger partial charge in [-0.15, -0.1) is 11.3 Å². The highest BCUT2D eigenvalue weighted by Crippen LogP contribution is 2.36. The molecule has 0 saturated carbocycles. The molecule has 0 spiro atoms. The first-order valence-electron chi connectivity index (χ1n) is 9.39. The average molecular weight is 417 g/mol. The monoisotopic (exact) mass is 416 g/mol. The maximum absolute atomic E-state index is 12.7. The molecule has 7 heteroatoms. The lowest BCUT2D eigenvalue weighted by molar-refractivity contribution is -0.148. The maximum atomic E-state index is 12.7. The molecule has 3 aromatic rings. The number of aryl methyl sites for hydroxylation is 1. The molecule has 0 fully saturated rings. The second-order valence-electron chi connectivity index (χ2n) is 7.38. The van der Waals surface area contributed by atoms with Crippen molar-refractivity contribution in [3.63, 3.8) is 0 Å². The number of rotatable bonds is 4. The highest BCUT2D eigenvalue weighted by molar-refractivity contribution is 7.18. The molecule has 1 N–H and O–H groups in total. The Kier molecular flexibility index (Phi) is 5.25. The number of nitrogens with zero attached hydrogens (tertiary/aromatic N) is 1. The van der Waals surface area contributed by atoms with E-state index in [1.54, 1.807) is 30.4 Å². The zero-order valence-corrected chi connectivity index (χ0v) is 17.3. The number of benzene rings is 1. The summed E-state index contributed by atoms with van der Waals surface area (Å²) in [7, 11) is 0. The van der Waals surface area contributed by atoms with Gasteiger partial charge in [0.2, 0.25) is 0 Å². The summed E-state index contributed by atoms with van der Waals surface area (Å²) in [6.07, 6.45) is 2.43. The molecule has 1 aliphatic rings. The number of esters is 1. The number of hydrogen-bond donors (Lipinski definition) is 1. The van der Waals surface area contributed by atoms with Gasteiger partial charge in [0.25, 0.3) is 5.56 Å². The van der Waals surface area contributed by atoms with E-state index in [0.29, 0.717) is 27.7 Å². The smallest absolute Gasteiger partial charge is 0.311 e. The molecule has 5 nitrogen and oxygen atoms in total. The third kappa shape index (κ3) is 3.71. The van der Waals surface area contributed by atoms with E-state index in [4.69, 9.17) is 16.3 Å². The summed E-state index contributed by atoms with van der Waals surface area (Å²) in [6.45, 7) is 3.95. The van der Waals surface area contributed by atoms with Gasteiger partial charge in [0.1, 0.15) is 4.83 Å². The molecule has 2 atom stereocenters. The Bertz CT molecular complexity index is 1100. The van der Waals surface area contributed by atoms with Crippen LogP contribution in [0.4, 0.5) is 0 Å². The van der Waals surface area contributed by atoms with Crippen molar-refractivity contribution in [3.05, 3.63) is 61.5 Å². The van der Waals surface area contributed by atoms with Gasteiger partial charge < -0.3 is 9.72 Å². The van der Waals surface area contributed by atoms with Crippen LogP contribution in [-0.2, 0) is 28.8 Å². The van der Waals surface area contributed by atoms with Crippen LogP contribution in [0.25, 0.3) is 10.2 Å². The Morgan fingerprint density at radius 1 is 1.43 bits per heavy atom. The Balaban J connectivity index is 1.56. The van der Waals surface area contributed by atoms with Gasteiger partial charge in [-0.2, -0.15) is 0 Å². The van der Waals surface area contributed by atoms with Crippen LogP contribution < -0.4 is 5.56 Å². The molecule has 1 aromatic carbocycles. The number of halogens is 1. The number of fused-ring (bicyclic) bond motifs is 3. The van der Waals surface area contributed by atoms with Crippen molar-refractivity contribution in [2.45, 2.75) is 45.6 Å². The van der Waals surface area contributed by atoms with Crippen molar-refractivity contribution in [2.24, 2.45) is 5.92 Å². The molecule has 0 amide bonds. The fourth-order valence-corrected chi connectivity index (χ4v) is 5.24. The predicted octanol–water partition coefficient (Wildman–Crippen LogP) is 4.61. The fraction of sp³-hybridized carbons (Fsp3) is 0.381. The molecular formula is C21H21ClN2O3S. The van der Waals surface area contributed by atoms with Crippen LogP contribution in [0.3, 0.4) is 0 Å². The van der Waals surface area contributed by atoms with Gasteiger partial charge in [0, 0.05) is 9.90 Å². The van der Waals surface area contributed by atoms with Crippen LogP contribution in [0.5, 0.6) is 0 Å². The van der Waals surface area contributed by atoms with Gasteiger partial charge in [0.15, 0.2) is 11.9 Å². The number of carbonyl (C=O) groups excluding carboxylic acids is 1. The van der Waals surface area contributed by atoms with Crippen molar-refractivity contribution >= 4 is 39.1 Å². The third-order valence-electron chi connectivity index (χ3n) is 5.17. The Morgan fingerprint density at radius 2 is 2.21 bits per heavy atom. The second-order valence-corrected chi connectivity index (χ2v) is 8.87. The summed E-state index contributed by atoms with van der Waals surface area (Å²) in [5.74, 6) is 0.586. The van der Waals surface area contributed by atoms with Crippen LogP contribution in [0.1, 0.15) is 48.2 Å². The SMILES string of the molecule is C[C@H]1CCc2c(sc3nc([C@H](C)OC(=O)Cc4ccccc4Cl)[nH]c(=O)c23)C1. The molecule has 0 unspecified atom stereocenters. The predicted molar refractivity (Wildman–Crippen MR) is 111 cm³/mol. The van der Waals surface area contributed by atoms with E-state index in [1.807, 2.05) is 12.1 Å². The molecule has 1 aliphatic carbocycles. The summed E-state index contributed by atoms with van der Waals surface area (Å²) in [5.41, 5.74) is 1.70. The Morgan fingerprint density at radius 3 is 3.00 bits per heavy atom. The summed E-state index contributed by atoms with van der Waals surface area (Å²) in [5, 5.41) is 1.23. The highest BCUT2D eigenvalue weighted by Gasteiger charge is 2.24. The number of hydrogen-bond acceptors (Lipinski definition) is 5. The van der Waals surface area contributed by atoms with E-state index in [9.17, 15) is 9.59 Å². The molecule has 0 aliphatic heterocycles. The van der Waals surface area contributed by atoms with Crippen LogP contribution >= 0.6 is 22.9 Å². The van der Waals surface area contributed by atoms with E-state index in [0.717, 1.165) is 29.7 Å². The molecule has 28 heavy (non-hydrogen) atoms. The standard InChI is InChI=1S/C21H21ClN2O3S/c1-11-7-8-14-16(9-11)28-21-18(14)20(26)23-19(24-21)12(2)27-17(25)10-13-5-3-4-6-15(13)22/h3-6,11-12H,7-10H2,1-2H3,(H,23,24,26)/t11-,12-/m0/s1. The van der Waals surface area contributed by atoms with Crippen LogP contribution in [-0.4, -0.2) is 15.9 Å². The van der Waals surface area contributed by atoms with Gasteiger partial charge in [-0.3, -0.25) is 9.59 Å². The van der Waals surface area contributed by atoms with E-state index >= 15 is 0 Å². The van der Waals surface area contributed by atoms with Crippen molar-refractivity contribution in [1.82, 2.24) is 9.97 Å². The normalized spacial score (nSPS) is 17.3. The number of nitrogens with one attached hydrogen (secondary N) is 1. The molecule has 146 valence electrons. The van der Waals surface area contributed by atoms with E-state index in [1.165, 1.54) is 4.88 Å². The lowest BCUT2D eigenvalue weighted by atomic mass is 9.89. The summed E-state index contributed by atoms with van der Waals surface area (Å²) < 4.78 is 5.49. The van der Waals surface area contributed by atoms with E-state index in [-0.39, 0.29) is 12.0 Å². The number of aromatic nitrogens is 2. The number of ether oxygens (including phenoxy) is 1. The van der Waals surface area contributed by atoms with Crippen molar-refractivity contribution < 1.29 is 9.53 Å². The summed E-state index contributed by atoms with van der Waals surface area (Å²) in [4.78, 5) is 34.4. The number of carbonyl (C=O) groups is 1. The maximum Gasteiger partial charge on any atom is 0.311 e.